The highest BCUT2D eigenvalue weighted by Gasteiger charge is 2.30. The standard InChI is InChI=1S/C15H24N2O5S/c1-11-9-17(10-12(2)22-11)23(18,19)16-8-13-7-14(20-3)5-6-15(13)21-4/h5-7,11-12,16H,8-10H2,1-4H3/t11-,12-/m0/s1. The summed E-state index contributed by atoms with van der Waals surface area (Å²) in [6.45, 7) is 4.54. The summed E-state index contributed by atoms with van der Waals surface area (Å²) in [5, 5.41) is 0. The van der Waals surface area contributed by atoms with Crippen molar-refractivity contribution in [3.05, 3.63) is 23.8 Å². The molecule has 0 bridgehead atoms. The average molecular weight is 344 g/mol. The first-order valence-corrected chi connectivity index (χ1v) is 8.91. The van der Waals surface area contributed by atoms with Gasteiger partial charge in [0, 0.05) is 25.2 Å². The van der Waals surface area contributed by atoms with Crippen molar-refractivity contribution in [2.24, 2.45) is 0 Å². The number of benzene rings is 1. The minimum absolute atomic E-state index is 0.123. The summed E-state index contributed by atoms with van der Waals surface area (Å²) in [6.07, 6.45) is -0.247. The van der Waals surface area contributed by atoms with Gasteiger partial charge in [0.1, 0.15) is 11.5 Å². The van der Waals surface area contributed by atoms with Crippen LogP contribution in [0.25, 0.3) is 0 Å². The smallest absolute Gasteiger partial charge is 0.279 e. The van der Waals surface area contributed by atoms with Crippen molar-refractivity contribution in [3.63, 3.8) is 0 Å². The molecule has 0 amide bonds. The number of hydrogen-bond donors (Lipinski definition) is 1. The summed E-state index contributed by atoms with van der Waals surface area (Å²) in [5.41, 5.74) is 0.713. The zero-order chi connectivity index (χ0) is 17.0. The molecular formula is C15H24N2O5S. The molecule has 130 valence electrons. The van der Waals surface area contributed by atoms with Crippen LogP contribution in [0.1, 0.15) is 19.4 Å². The van der Waals surface area contributed by atoms with E-state index in [4.69, 9.17) is 14.2 Å². The third-order valence-electron chi connectivity index (χ3n) is 3.66. The van der Waals surface area contributed by atoms with E-state index in [9.17, 15) is 8.42 Å². The van der Waals surface area contributed by atoms with Gasteiger partial charge in [-0.25, -0.2) is 0 Å². The number of ether oxygens (including phenoxy) is 3. The van der Waals surface area contributed by atoms with E-state index in [1.165, 1.54) is 4.31 Å². The van der Waals surface area contributed by atoms with Gasteiger partial charge in [-0.1, -0.05) is 0 Å². The van der Waals surface area contributed by atoms with Gasteiger partial charge in [-0.15, -0.1) is 0 Å². The van der Waals surface area contributed by atoms with Gasteiger partial charge in [-0.2, -0.15) is 17.4 Å². The average Bonchev–Trinajstić information content (AvgIpc) is 2.51. The number of nitrogens with one attached hydrogen (secondary N) is 1. The van der Waals surface area contributed by atoms with E-state index in [1.54, 1.807) is 32.4 Å². The Morgan fingerprint density at radius 3 is 2.43 bits per heavy atom. The Balaban J connectivity index is 2.10. The summed E-state index contributed by atoms with van der Waals surface area (Å²) in [4.78, 5) is 0. The molecule has 1 aromatic rings. The maximum absolute atomic E-state index is 12.5. The maximum atomic E-state index is 12.5. The van der Waals surface area contributed by atoms with Crippen LogP contribution in [0.15, 0.2) is 18.2 Å². The van der Waals surface area contributed by atoms with Gasteiger partial charge in [-0.05, 0) is 32.0 Å². The minimum Gasteiger partial charge on any atom is -0.497 e. The van der Waals surface area contributed by atoms with E-state index in [2.05, 4.69) is 4.72 Å². The highest BCUT2D eigenvalue weighted by Crippen LogP contribution is 2.24. The molecule has 1 fully saturated rings. The summed E-state index contributed by atoms with van der Waals surface area (Å²) < 4.78 is 45.0. The fourth-order valence-electron chi connectivity index (χ4n) is 2.61. The van der Waals surface area contributed by atoms with Crippen LogP contribution in [0.4, 0.5) is 0 Å². The van der Waals surface area contributed by atoms with Crippen LogP contribution in [0.5, 0.6) is 11.5 Å². The molecule has 23 heavy (non-hydrogen) atoms. The van der Waals surface area contributed by atoms with Gasteiger partial charge in [0.2, 0.25) is 0 Å². The number of nitrogens with zero attached hydrogens (tertiary/aromatic N) is 1. The molecule has 1 saturated heterocycles. The molecule has 2 rings (SSSR count). The Labute approximate surface area is 137 Å². The maximum Gasteiger partial charge on any atom is 0.279 e. The molecule has 1 aliphatic rings. The van der Waals surface area contributed by atoms with Crippen LogP contribution in [0.2, 0.25) is 0 Å². The predicted molar refractivity (Wildman–Crippen MR) is 86.9 cm³/mol. The second kappa shape index (κ2) is 7.48. The van der Waals surface area contributed by atoms with Crippen LogP contribution < -0.4 is 14.2 Å². The predicted octanol–water partition coefficient (Wildman–Crippen LogP) is 1.15. The van der Waals surface area contributed by atoms with E-state index in [0.29, 0.717) is 30.2 Å². The fraction of sp³-hybridized carbons (Fsp3) is 0.600. The largest absolute Gasteiger partial charge is 0.497 e. The molecule has 1 N–H and O–H groups in total. The molecule has 0 spiro atoms. The Morgan fingerprint density at radius 2 is 1.87 bits per heavy atom. The molecule has 1 heterocycles. The second-order valence-electron chi connectivity index (χ2n) is 5.58. The molecule has 1 aliphatic heterocycles. The van der Waals surface area contributed by atoms with Gasteiger partial charge < -0.3 is 14.2 Å². The summed E-state index contributed by atoms with van der Waals surface area (Å²) in [5.74, 6) is 1.26. The van der Waals surface area contributed by atoms with Gasteiger partial charge >= 0.3 is 0 Å². The topological polar surface area (TPSA) is 77.1 Å². The molecule has 0 aliphatic carbocycles. The Bertz CT molecular complexity index is 625. The monoisotopic (exact) mass is 344 g/mol. The molecule has 0 aromatic heterocycles. The van der Waals surface area contributed by atoms with Gasteiger partial charge in [0.05, 0.1) is 26.4 Å². The summed E-state index contributed by atoms with van der Waals surface area (Å²) >= 11 is 0. The lowest BCUT2D eigenvalue weighted by molar-refractivity contribution is -0.0444. The molecule has 0 unspecified atom stereocenters. The van der Waals surface area contributed by atoms with Crippen molar-refractivity contribution in [1.82, 2.24) is 9.03 Å². The van der Waals surface area contributed by atoms with E-state index < -0.39 is 10.2 Å². The quantitative estimate of drug-likeness (QED) is 0.838. The van der Waals surface area contributed by atoms with E-state index in [0.717, 1.165) is 0 Å². The van der Waals surface area contributed by atoms with Gasteiger partial charge in [0.15, 0.2) is 0 Å². The lowest BCUT2D eigenvalue weighted by atomic mass is 10.2. The zero-order valence-electron chi connectivity index (χ0n) is 13.9. The molecule has 0 radical (unpaired) electrons. The van der Waals surface area contributed by atoms with Crippen LogP contribution in [0, 0.1) is 0 Å². The first-order valence-electron chi connectivity index (χ1n) is 7.46. The zero-order valence-corrected chi connectivity index (χ0v) is 14.7. The van der Waals surface area contributed by atoms with Crippen LogP contribution >= 0.6 is 0 Å². The van der Waals surface area contributed by atoms with Crippen molar-refractivity contribution in [3.8, 4) is 11.5 Å². The Morgan fingerprint density at radius 1 is 1.22 bits per heavy atom. The van der Waals surface area contributed by atoms with Crippen LogP contribution in [-0.2, 0) is 21.5 Å². The highest BCUT2D eigenvalue weighted by molar-refractivity contribution is 7.87. The Kier molecular flexibility index (Phi) is 5.85. The van der Waals surface area contributed by atoms with E-state index >= 15 is 0 Å². The highest BCUT2D eigenvalue weighted by atomic mass is 32.2. The minimum atomic E-state index is -3.58. The molecule has 1 aromatic carbocycles. The SMILES string of the molecule is COc1ccc(OC)c(CNS(=O)(=O)N2C[C@H](C)O[C@@H](C)C2)c1. The molecule has 8 heteroatoms. The number of methoxy groups -OCH3 is 2. The van der Waals surface area contributed by atoms with Crippen molar-refractivity contribution in [1.29, 1.82) is 0 Å². The van der Waals surface area contributed by atoms with Gasteiger partial charge in [-0.3, -0.25) is 0 Å². The third-order valence-corrected chi connectivity index (χ3v) is 5.15. The molecule has 7 nitrogen and oxygen atoms in total. The number of rotatable bonds is 6. The first kappa shape index (κ1) is 18.0. The van der Waals surface area contributed by atoms with E-state index in [1.807, 2.05) is 13.8 Å². The van der Waals surface area contributed by atoms with Crippen molar-refractivity contribution in [2.45, 2.75) is 32.6 Å². The molecular weight excluding hydrogens is 320 g/mol. The fourth-order valence-corrected chi connectivity index (χ4v) is 3.94. The summed E-state index contributed by atoms with van der Waals surface area (Å²) in [7, 11) is -0.476. The molecule has 0 saturated carbocycles. The lowest BCUT2D eigenvalue weighted by Gasteiger charge is -2.34. The van der Waals surface area contributed by atoms with Crippen molar-refractivity contribution in [2.75, 3.05) is 27.3 Å². The normalized spacial score (nSPS) is 22.8. The molecule has 2 atom stereocenters. The first-order chi connectivity index (χ1) is 10.9. The van der Waals surface area contributed by atoms with Crippen LogP contribution in [-0.4, -0.2) is 52.2 Å². The Hall–Kier alpha value is -1.35. The summed E-state index contributed by atoms with van der Waals surface area (Å²) in [6, 6.07) is 5.27. The number of hydrogen-bond acceptors (Lipinski definition) is 5. The lowest BCUT2D eigenvalue weighted by Crippen LogP contribution is -2.51. The van der Waals surface area contributed by atoms with Crippen molar-refractivity contribution < 1.29 is 22.6 Å². The van der Waals surface area contributed by atoms with E-state index in [-0.39, 0.29) is 18.8 Å². The second-order valence-corrected chi connectivity index (χ2v) is 7.33. The van der Waals surface area contributed by atoms with Crippen LogP contribution in [0.3, 0.4) is 0 Å². The van der Waals surface area contributed by atoms with Crippen molar-refractivity contribution >= 4 is 10.2 Å². The van der Waals surface area contributed by atoms with Gasteiger partial charge in [0.25, 0.3) is 10.2 Å². The third kappa shape index (κ3) is 4.57. The number of morpholine rings is 1.